The number of hydrogen-bond donors (Lipinski definition) is 1. The molecule has 0 spiro atoms. The Morgan fingerprint density at radius 2 is 1.86 bits per heavy atom. The maximum Gasteiger partial charge on any atom is 0.0990 e. The molecule has 1 saturated carbocycles. The lowest BCUT2D eigenvalue weighted by atomic mass is 10.1. The average Bonchev–Trinajstić information content (AvgIpc) is 2.29. The number of hydrogen-bond acceptors (Lipinski definition) is 4. The van der Waals surface area contributed by atoms with Crippen LogP contribution in [0.15, 0.2) is 0 Å². The molecule has 0 radical (unpaired) electrons. The van der Waals surface area contributed by atoms with E-state index in [2.05, 4.69) is 5.32 Å². The molecule has 1 N–H and O–H groups in total. The van der Waals surface area contributed by atoms with Gasteiger partial charge in [-0.25, -0.2) is 8.42 Å². The predicted octanol–water partition coefficient (Wildman–Crippen LogP) is 0.841. The van der Waals surface area contributed by atoms with Crippen molar-refractivity contribution in [3.63, 3.8) is 0 Å². The van der Waals surface area contributed by atoms with E-state index in [0.717, 1.165) is 12.8 Å². The molecule has 1 rings (SSSR count). The van der Waals surface area contributed by atoms with Gasteiger partial charge >= 0.3 is 0 Å². The van der Waals surface area contributed by atoms with E-state index in [9.17, 15) is 13.0 Å². The molecule has 0 aromatic heterocycles. The normalized spacial score (nSPS) is 29.4. The fourth-order valence-corrected chi connectivity index (χ4v) is 3.05. The first-order valence-corrected chi connectivity index (χ1v) is 6.40. The molecule has 0 aromatic rings. The van der Waals surface area contributed by atoms with Crippen molar-refractivity contribution in [2.24, 2.45) is 0 Å². The Morgan fingerprint density at radius 3 is 2.29 bits per heavy atom. The second kappa shape index (κ2) is 3.79. The van der Waals surface area contributed by atoms with E-state index in [0.29, 0.717) is 6.42 Å². The van der Waals surface area contributed by atoms with E-state index >= 15 is 0 Å². The quantitative estimate of drug-likeness (QED) is 0.700. The van der Waals surface area contributed by atoms with E-state index in [1.165, 1.54) is 0 Å². The van der Waals surface area contributed by atoms with Crippen molar-refractivity contribution >= 4 is 10.1 Å². The maximum atomic E-state index is 10.9. The van der Waals surface area contributed by atoms with Crippen LogP contribution in [0.3, 0.4) is 0 Å². The number of rotatable bonds is 2. The van der Waals surface area contributed by atoms with Crippen molar-refractivity contribution in [2.75, 3.05) is 0 Å². The largest absolute Gasteiger partial charge is 0.748 e. The van der Waals surface area contributed by atoms with Gasteiger partial charge in [-0.15, -0.1) is 0 Å². The summed E-state index contributed by atoms with van der Waals surface area (Å²) in [5, 5.41) is 2.46. The Morgan fingerprint density at radius 1 is 1.29 bits per heavy atom. The summed E-state index contributed by atoms with van der Waals surface area (Å²) in [6, 6.07) is -0.169. The van der Waals surface area contributed by atoms with Crippen LogP contribution in [0, 0.1) is 0 Å². The van der Waals surface area contributed by atoms with Gasteiger partial charge in [-0.1, -0.05) is 6.42 Å². The lowest BCUT2D eigenvalue weighted by molar-refractivity contribution is 0.351. The minimum atomic E-state index is -4.14. The summed E-state index contributed by atoms with van der Waals surface area (Å²) in [6.07, 6.45) is 2.10. The van der Waals surface area contributed by atoms with Crippen LogP contribution < -0.4 is 5.32 Å². The first-order chi connectivity index (χ1) is 6.20. The van der Waals surface area contributed by atoms with Gasteiger partial charge in [0, 0.05) is 11.6 Å². The van der Waals surface area contributed by atoms with Crippen LogP contribution in [-0.2, 0) is 10.1 Å². The van der Waals surface area contributed by atoms with Crippen molar-refractivity contribution in [3.8, 4) is 0 Å². The third-order valence-electron chi connectivity index (χ3n) is 2.44. The van der Waals surface area contributed by atoms with Crippen molar-refractivity contribution < 1.29 is 13.0 Å². The van der Waals surface area contributed by atoms with Gasteiger partial charge in [0.25, 0.3) is 0 Å². The molecular formula is C9H18NO3S-. The summed E-state index contributed by atoms with van der Waals surface area (Å²) in [5.41, 5.74) is -0.141. The molecule has 4 nitrogen and oxygen atoms in total. The van der Waals surface area contributed by atoms with Gasteiger partial charge in [0.1, 0.15) is 0 Å². The Balaban J connectivity index is 2.71. The van der Waals surface area contributed by atoms with Gasteiger partial charge in [0.2, 0.25) is 0 Å². The highest BCUT2D eigenvalue weighted by atomic mass is 32.2. The lowest BCUT2D eigenvalue weighted by Crippen LogP contribution is -2.49. The molecule has 0 aromatic carbocycles. The minimum Gasteiger partial charge on any atom is -0.748 e. The van der Waals surface area contributed by atoms with Crippen LogP contribution in [0.1, 0.15) is 40.0 Å². The molecular weight excluding hydrogens is 202 g/mol. The van der Waals surface area contributed by atoms with E-state index in [1.54, 1.807) is 0 Å². The van der Waals surface area contributed by atoms with Crippen molar-refractivity contribution in [2.45, 2.75) is 56.9 Å². The van der Waals surface area contributed by atoms with Gasteiger partial charge in [0.15, 0.2) is 0 Å². The second-order valence-corrected chi connectivity index (χ2v) is 6.55. The highest BCUT2D eigenvalue weighted by Crippen LogP contribution is 2.26. The summed E-state index contributed by atoms with van der Waals surface area (Å²) in [4.78, 5) is 0. The first kappa shape index (κ1) is 11.9. The smallest absolute Gasteiger partial charge is 0.0990 e. The monoisotopic (exact) mass is 220 g/mol. The third-order valence-corrected chi connectivity index (χ3v) is 3.75. The van der Waals surface area contributed by atoms with E-state index < -0.39 is 15.4 Å². The molecule has 0 saturated heterocycles. The molecule has 1 aliphatic carbocycles. The predicted molar refractivity (Wildman–Crippen MR) is 54.0 cm³/mol. The highest BCUT2D eigenvalue weighted by Gasteiger charge is 2.34. The maximum absolute atomic E-state index is 10.9. The Kier molecular flexibility index (Phi) is 3.23. The van der Waals surface area contributed by atoms with E-state index in [1.807, 2.05) is 20.8 Å². The van der Waals surface area contributed by atoms with E-state index in [4.69, 9.17) is 0 Å². The van der Waals surface area contributed by atoms with Crippen LogP contribution in [0.25, 0.3) is 0 Å². The summed E-state index contributed by atoms with van der Waals surface area (Å²) in [5.74, 6) is 0. The first-order valence-electron chi connectivity index (χ1n) is 4.92. The van der Waals surface area contributed by atoms with Gasteiger partial charge < -0.3 is 9.87 Å². The van der Waals surface area contributed by atoms with Gasteiger partial charge in [-0.05, 0) is 33.6 Å². The van der Waals surface area contributed by atoms with Crippen molar-refractivity contribution in [1.29, 1.82) is 0 Å². The Bertz CT molecular complexity index is 292. The van der Waals surface area contributed by atoms with Gasteiger partial charge in [-0.3, -0.25) is 0 Å². The summed E-state index contributed by atoms with van der Waals surface area (Å²) in [6.45, 7) is 5.92. The molecule has 0 bridgehead atoms. The molecule has 0 aliphatic heterocycles. The molecule has 5 heteroatoms. The Labute approximate surface area is 85.8 Å². The van der Waals surface area contributed by atoms with Crippen molar-refractivity contribution in [3.05, 3.63) is 0 Å². The van der Waals surface area contributed by atoms with Crippen LogP contribution in [0.2, 0.25) is 0 Å². The SMILES string of the molecule is CC(C)(C)NC1CCCC1S(=O)(=O)[O-]. The minimum absolute atomic E-state index is 0.141. The molecule has 2 atom stereocenters. The van der Waals surface area contributed by atoms with Gasteiger partial charge in [0.05, 0.1) is 15.4 Å². The summed E-state index contributed by atoms with van der Waals surface area (Å²) >= 11 is 0. The van der Waals surface area contributed by atoms with Crippen molar-refractivity contribution in [1.82, 2.24) is 5.32 Å². The third kappa shape index (κ3) is 3.22. The zero-order valence-corrected chi connectivity index (χ0v) is 9.73. The van der Waals surface area contributed by atoms with Crippen LogP contribution in [-0.4, -0.2) is 29.8 Å². The van der Waals surface area contributed by atoms with Gasteiger partial charge in [-0.2, -0.15) is 0 Å². The fourth-order valence-electron chi connectivity index (χ4n) is 1.99. The zero-order chi connectivity index (χ0) is 11.0. The molecule has 14 heavy (non-hydrogen) atoms. The van der Waals surface area contributed by atoms with E-state index in [-0.39, 0.29) is 11.6 Å². The molecule has 84 valence electrons. The Hall–Kier alpha value is -0.130. The molecule has 2 unspecified atom stereocenters. The standard InChI is InChI=1S/C9H19NO3S/c1-9(2,3)10-7-5-4-6-8(7)14(11,12)13/h7-8,10H,4-6H2,1-3H3,(H,11,12,13)/p-1. The van der Waals surface area contributed by atoms with Crippen LogP contribution in [0.5, 0.6) is 0 Å². The number of nitrogens with one attached hydrogen (secondary N) is 1. The fraction of sp³-hybridized carbons (Fsp3) is 1.00. The molecule has 1 aliphatic rings. The summed E-state index contributed by atoms with van der Waals surface area (Å²) < 4.78 is 32.8. The second-order valence-electron chi connectivity index (χ2n) is 4.96. The highest BCUT2D eigenvalue weighted by molar-refractivity contribution is 7.86. The average molecular weight is 220 g/mol. The summed E-state index contributed by atoms with van der Waals surface area (Å²) in [7, 11) is -4.14. The molecule has 0 heterocycles. The topological polar surface area (TPSA) is 69.2 Å². The lowest BCUT2D eigenvalue weighted by Gasteiger charge is -2.30. The molecule has 0 amide bonds. The zero-order valence-electron chi connectivity index (χ0n) is 8.91. The van der Waals surface area contributed by atoms with Crippen LogP contribution >= 0.6 is 0 Å². The molecule has 1 fully saturated rings. The van der Waals surface area contributed by atoms with Crippen LogP contribution in [0.4, 0.5) is 0 Å².